The van der Waals surface area contributed by atoms with Crippen molar-refractivity contribution in [2.24, 2.45) is 5.10 Å². The molecule has 0 atom stereocenters. The lowest BCUT2D eigenvalue weighted by molar-refractivity contribution is -0.120. The van der Waals surface area contributed by atoms with E-state index >= 15 is 0 Å². The highest BCUT2D eigenvalue weighted by atomic mass is 19.1. The summed E-state index contributed by atoms with van der Waals surface area (Å²) in [5.41, 5.74) is 4.44. The SMILES string of the molecule is N#Cc1ccc(/C=N\NC(=O)Cc2ccc(F)cc2)cc1. The molecule has 0 aliphatic rings. The van der Waals surface area contributed by atoms with Crippen LogP contribution in [-0.4, -0.2) is 12.1 Å². The van der Waals surface area contributed by atoms with Crippen molar-refractivity contribution >= 4 is 12.1 Å². The van der Waals surface area contributed by atoms with E-state index in [4.69, 9.17) is 5.26 Å². The van der Waals surface area contributed by atoms with E-state index in [1.54, 1.807) is 36.4 Å². The molecule has 0 heterocycles. The second kappa shape index (κ2) is 6.96. The molecule has 2 aromatic rings. The molecule has 2 aromatic carbocycles. The summed E-state index contributed by atoms with van der Waals surface area (Å²) in [6.07, 6.45) is 1.62. The standard InChI is InChI=1S/C16H12FN3O/c17-15-7-5-12(6-8-15)9-16(21)20-19-11-14-3-1-13(10-18)2-4-14/h1-8,11H,9H2,(H,20,21)/b19-11-. The third-order valence-electron chi connectivity index (χ3n) is 2.72. The summed E-state index contributed by atoms with van der Waals surface area (Å²) in [7, 11) is 0. The van der Waals surface area contributed by atoms with Crippen molar-refractivity contribution in [3.8, 4) is 6.07 Å². The third kappa shape index (κ3) is 4.55. The van der Waals surface area contributed by atoms with Gasteiger partial charge in [0.1, 0.15) is 5.82 Å². The first-order valence-electron chi connectivity index (χ1n) is 6.24. The summed E-state index contributed by atoms with van der Waals surface area (Å²) in [6.45, 7) is 0. The van der Waals surface area contributed by atoms with Crippen molar-refractivity contribution in [3.05, 3.63) is 71.0 Å². The second-order valence-electron chi connectivity index (χ2n) is 4.33. The zero-order valence-corrected chi connectivity index (χ0v) is 11.1. The molecule has 0 bridgehead atoms. The number of carbonyl (C=O) groups excluding carboxylic acids is 1. The highest BCUT2D eigenvalue weighted by Crippen LogP contribution is 2.03. The van der Waals surface area contributed by atoms with Gasteiger partial charge in [-0.25, -0.2) is 9.82 Å². The zero-order chi connectivity index (χ0) is 15.1. The lowest BCUT2D eigenvalue weighted by atomic mass is 10.1. The lowest BCUT2D eigenvalue weighted by Gasteiger charge is -2.00. The van der Waals surface area contributed by atoms with E-state index in [2.05, 4.69) is 10.5 Å². The first kappa shape index (κ1) is 14.4. The van der Waals surface area contributed by atoms with E-state index in [-0.39, 0.29) is 18.1 Å². The Labute approximate surface area is 121 Å². The van der Waals surface area contributed by atoms with E-state index < -0.39 is 0 Å². The van der Waals surface area contributed by atoms with Gasteiger partial charge in [0.25, 0.3) is 0 Å². The highest BCUT2D eigenvalue weighted by Gasteiger charge is 2.02. The number of hydrazone groups is 1. The number of nitrogens with one attached hydrogen (secondary N) is 1. The van der Waals surface area contributed by atoms with Gasteiger partial charge < -0.3 is 0 Å². The van der Waals surface area contributed by atoms with Crippen LogP contribution in [0.3, 0.4) is 0 Å². The molecule has 1 N–H and O–H groups in total. The summed E-state index contributed by atoms with van der Waals surface area (Å²) >= 11 is 0. The van der Waals surface area contributed by atoms with Gasteiger partial charge in [-0.2, -0.15) is 10.4 Å². The first-order valence-corrected chi connectivity index (χ1v) is 6.24. The maximum absolute atomic E-state index is 12.7. The molecule has 4 nitrogen and oxygen atoms in total. The second-order valence-corrected chi connectivity index (χ2v) is 4.33. The molecule has 0 unspecified atom stereocenters. The molecule has 1 amide bonds. The van der Waals surface area contributed by atoms with Crippen LogP contribution in [0.15, 0.2) is 53.6 Å². The predicted octanol–water partition coefficient (Wildman–Crippen LogP) is 2.39. The van der Waals surface area contributed by atoms with Crippen molar-refractivity contribution < 1.29 is 9.18 Å². The fourth-order valence-electron chi connectivity index (χ4n) is 1.65. The van der Waals surface area contributed by atoms with Gasteiger partial charge in [-0.05, 0) is 35.4 Å². The van der Waals surface area contributed by atoms with Crippen LogP contribution >= 0.6 is 0 Å². The smallest absolute Gasteiger partial charge is 0.244 e. The summed E-state index contributed by atoms with van der Waals surface area (Å²) < 4.78 is 12.7. The van der Waals surface area contributed by atoms with Gasteiger partial charge in [-0.1, -0.05) is 24.3 Å². The quantitative estimate of drug-likeness (QED) is 0.690. The number of rotatable bonds is 4. The van der Waals surface area contributed by atoms with Crippen LogP contribution in [0.2, 0.25) is 0 Å². The highest BCUT2D eigenvalue weighted by molar-refractivity contribution is 5.83. The van der Waals surface area contributed by atoms with Crippen LogP contribution < -0.4 is 5.43 Å². The van der Waals surface area contributed by atoms with Crippen molar-refractivity contribution in [1.82, 2.24) is 5.43 Å². The normalized spacial score (nSPS) is 10.3. The summed E-state index contributed by atoms with van der Waals surface area (Å²) in [5.74, 6) is -0.621. The Kier molecular flexibility index (Phi) is 4.78. The molecular weight excluding hydrogens is 269 g/mol. The minimum Gasteiger partial charge on any atom is -0.273 e. The maximum Gasteiger partial charge on any atom is 0.244 e. The van der Waals surface area contributed by atoms with Crippen LogP contribution in [0, 0.1) is 17.1 Å². The first-order chi connectivity index (χ1) is 10.2. The van der Waals surface area contributed by atoms with Crippen LogP contribution in [0.1, 0.15) is 16.7 Å². The van der Waals surface area contributed by atoms with Gasteiger partial charge >= 0.3 is 0 Å². The van der Waals surface area contributed by atoms with Crippen LogP contribution in [0.5, 0.6) is 0 Å². The molecule has 0 radical (unpaired) electrons. The Bertz CT molecular complexity index is 685. The van der Waals surface area contributed by atoms with E-state index in [0.717, 1.165) is 5.56 Å². The molecule has 5 heteroatoms. The average Bonchev–Trinajstić information content (AvgIpc) is 2.50. The van der Waals surface area contributed by atoms with Crippen molar-refractivity contribution in [1.29, 1.82) is 5.26 Å². The van der Waals surface area contributed by atoms with Gasteiger partial charge in [-0.3, -0.25) is 4.79 Å². The number of amides is 1. The molecule has 0 aliphatic heterocycles. The van der Waals surface area contributed by atoms with Crippen LogP contribution in [0.4, 0.5) is 4.39 Å². The Morgan fingerprint density at radius 1 is 1.19 bits per heavy atom. The Morgan fingerprint density at radius 3 is 2.48 bits per heavy atom. The number of carbonyl (C=O) groups is 1. The number of nitriles is 1. The monoisotopic (exact) mass is 281 g/mol. The Balaban J connectivity index is 1.86. The van der Waals surface area contributed by atoms with Crippen LogP contribution in [0.25, 0.3) is 0 Å². The predicted molar refractivity (Wildman–Crippen MR) is 77.0 cm³/mol. The lowest BCUT2D eigenvalue weighted by Crippen LogP contribution is -2.19. The van der Waals surface area contributed by atoms with E-state index in [1.165, 1.54) is 18.3 Å². The minimum absolute atomic E-state index is 0.130. The number of hydrogen-bond acceptors (Lipinski definition) is 3. The molecule has 21 heavy (non-hydrogen) atoms. The maximum atomic E-state index is 12.7. The van der Waals surface area contributed by atoms with Gasteiger partial charge in [0.05, 0.1) is 24.3 Å². The number of hydrogen-bond donors (Lipinski definition) is 1. The van der Waals surface area contributed by atoms with Gasteiger partial charge in [0, 0.05) is 0 Å². The summed E-state index contributed by atoms with van der Waals surface area (Å²) in [6, 6.07) is 14.5. The van der Waals surface area contributed by atoms with Crippen molar-refractivity contribution in [2.45, 2.75) is 6.42 Å². The number of halogens is 1. The summed E-state index contributed by atoms with van der Waals surface area (Å²) in [5, 5.41) is 12.5. The molecule has 0 saturated carbocycles. The van der Waals surface area contributed by atoms with Gasteiger partial charge in [0.2, 0.25) is 5.91 Å². The fourth-order valence-corrected chi connectivity index (χ4v) is 1.65. The Hall–Kier alpha value is -3.00. The Morgan fingerprint density at radius 2 is 1.86 bits per heavy atom. The zero-order valence-electron chi connectivity index (χ0n) is 11.1. The minimum atomic E-state index is -0.335. The largest absolute Gasteiger partial charge is 0.273 e. The molecule has 0 aromatic heterocycles. The van der Waals surface area contributed by atoms with E-state index in [0.29, 0.717) is 11.1 Å². The molecular formula is C16H12FN3O. The summed E-state index contributed by atoms with van der Waals surface area (Å²) in [4.78, 5) is 11.6. The number of benzene rings is 2. The van der Waals surface area contributed by atoms with Gasteiger partial charge in [0.15, 0.2) is 0 Å². The van der Waals surface area contributed by atoms with Crippen molar-refractivity contribution in [2.75, 3.05) is 0 Å². The molecule has 0 fully saturated rings. The molecule has 0 aliphatic carbocycles. The average molecular weight is 281 g/mol. The molecule has 0 spiro atoms. The van der Waals surface area contributed by atoms with Crippen molar-refractivity contribution in [3.63, 3.8) is 0 Å². The molecule has 0 saturated heterocycles. The van der Waals surface area contributed by atoms with Gasteiger partial charge in [-0.15, -0.1) is 0 Å². The number of nitrogens with zero attached hydrogens (tertiary/aromatic N) is 2. The third-order valence-corrected chi connectivity index (χ3v) is 2.72. The van der Waals surface area contributed by atoms with Crippen LogP contribution in [-0.2, 0) is 11.2 Å². The van der Waals surface area contributed by atoms with E-state index in [1.807, 2.05) is 6.07 Å². The van der Waals surface area contributed by atoms with E-state index in [9.17, 15) is 9.18 Å². The topological polar surface area (TPSA) is 65.2 Å². The molecule has 2 rings (SSSR count). The fraction of sp³-hybridized carbons (Fsp3) is 0.0625. The molecule has 104 valence electrons.